The second kappa shape index (κ2) is 9.96. The maximum atomic E-state index is 8.97. The predicted molar refractivity (Wildman–Crippen MR) is 119 cm³/mol. The lowest BCUT2D eigenvalue weighted by Gasteiger charge is -2.27. The molecular weight excluding hydrogens is 403 g/mol. The van der Waals surface area contributed by atoms with Crippen LogP contribution < -0.4 is 4.74 Å². The fraction of sp³-hybridized carbons (Fsp3) is 0.333. The zero-order chi connectivity index (χ0) is 20.8. The molecule has 1 saturated carbocycles. The van der Waals surface area contributed by atoms with Crippen LogP contribution in [0.4, 0.5) is 0 Å². The molecule has 0 unspecified atom stereocenters. The first kappa shape index (κ1) is 21.4. The van der Waals surface area contributed by atoms with Gasteiger partial charge in [0.25, 0.3) is 0 Å². The first-order valence-corrected chi connectivity index (χ1v) is 10.6. The van der Waals surface area contributed by atoms with E-state index in [1.807, 2.05) is 18.2 Å². The van der Waals surface area contributed by atoms with Gasteiger partial charge in [-0.2, -0.15) is 5.26 Å². The Kier molecular flexibility index (Phi) is 7.36. The van der Waals surface area contributed by atoms with Crippen molar-refractivity contribution in [2.24, 2.45) is 5.92 Å². The number of halogens is 2. The van der Waals surface area contributed by atoms with Crippen LogP contribution in [0.5, 0.6) is 5.75 Å². The fourth-order valence-corrected chi connectivity index (χ4v) is 4.01. The Balaban J connectivity index is 1.54. The highest BCUT2D eigenvalue weighted by Gasteiger charge is 2.21. The Morgan fingerprint density at radius 1 is 1.24 bits per heavy atom. The van der Waals surface area contributed by atoms with Crippen LogP contribution in [0, 0.1) is 17.2 Å². The van der Waals surface area contributed by atoms with Crippen molar-refractivity contribution in [3.05, 3.63) is 76.1 Å². The summed E-state index contributed by atoms with van der Waals surface area (Å²) in [7, 11) is 0. The zero-order valence-electron chi connectivity index (χ0n) is 16.5. The number of nitrogens with zero attached hydrogens (tertiary/aromatic N) is 2. The summed E-state index contributed by atoms with van der Waals surface area (Å²) in [5.74, 6) is 1.24. The van der Waals surface area contributed by atoms with Crippen molar-refractivity contribution >= 4 is 28.8 Å². The van der Waals surface area contributed by atoms with E-state index in [1.165, 1.54) is 0 Å². The quantitative estimate of drug-likeness (QED) is 0.367. The summed E-state index contributed by atoms with van der Waals surface area (Å²) in [4.78, 5) is 4.40. The maximum Gasteiger partial charge on any atom is 0.129 e. The van der Waals surface area contributed by atoms with E-state index in [0.717, 1.165) is 54.7 Å². The number of nitriles is 1. The maximum absolute atomic E-state index is 8.97. The summed E-state index contributed by atoms with van der Waals surface area (Å²) in [6.07, 6.45) is 9.48. The van der Waals surface area contributed by atoms with Gasteiger partial charge in [0.05, 0.1) is 16.7 Å². The third kappa shape index (κ3) is 5.63. The minimum atomic E-state index is 0.180. The van der Waals surface area contributed by atoms with E-state index >= 15 is 0 Å². The summed E-state index contributed by atoms with van der Waals surface area (Å²) < 4.78 is 6.06. The van der Waals surface area contributed by atoms with Crippen molar-refractivity contribution in [1.82, 2.24) is 4.98 Å². The van der Waals surface area contributed by atoms with Crippen LogP contribution in [0.15, 0.2) is 49.1 Å². The monoisotopic (exact) mass is 426 g/mol. The summed E-state index contributed by atoms with van der Waals surface area (Å²) in [5.41, 5.74) is 3.47. The van der Waals surface area contributed by atoms with E-state index < -0.39 is 0 Å². The molecule has 0 saturated heterocycles. The molecule has 1 aliphatic rings. The number of allylic oxidation sites excluding steroid dienone is 3. The highest BCUT2D eigenvalue weighted by Crippen LogP contribution is 2.31. The molecule has 3 rings (SSSR count). The number of rotatable bonds is 6. The van der Waals surface area contributed by atoms with Crippen LogP contribution in [-0.2, 0) is 6.42 Å². The lowest BCUT2D eigenvalue weighted by Crippen LogP contribution is -2.23. The molecule has 0 atom stereocenters. The molecule has 1 aromatic heterocycles. The molecule has 0 radical (unpaired) electrons. The number of hydrogen-bond acceptors (Lipinski definition) is 3. The number of hydrogen-bond donors (Lipinski definition) is 0. The van der Waals surface area contributed by atoms with Gasteiger partial charge in [0.15, 0.2) is 0 Å². The van der Waals surface area contributed by atoms with Gasteiger partial charge >= 0.3 is 0 Å². The molecule has 1 aromatic carbocycles. The molecule has 1 fully saturated rings. The third-order valence-corrected chi connectivity index (χ3v) is 5.80. The van der Waals surface area contributed by atoms with Crippen LogP contribution in [0.25, 0.3) is 5.57 Å². The Labute approximate surface area is 182 Å². The number of ether oxygens (including phenoxy) is 1. The molecule has 1 heterocycles. The van der Waals surface area contributed by atoms with Gasteiger partial charge in [-0.15, -0.1) is 0 Å². The zero-order valence-corrected chi connectivity index (χ0v) is 18.0. The average molecular weight is 427 g/mol. The Hall–Kier alpha value is -2.28. The lowest BCUT2D eigenvalue weighted by atomic mass is 9.86. The van der Waals surface area contributed by atoms with E-state index in [4.69, 9.17) is 33.2 Å². The molecule has 150 valence electrons. The summed E-state index contributed by atoms with van der Waals surface area (Å²) in [5, 5.41) is 9.92. The van der Waals surface area contributed by atoms with Gasteiger partial charge in [0.2, 0.25) is 0 Å². The van der Waals surface area contributed by atoms with Gasteiger partial charge in [0.1, 0.15) is 17.0 Å². The van der Waals surface area contributed by atoms with Crippen LogP contribution in [0.1, 0.15) is 49.4 Å². The summed E-state index contributed by atoms with van der Waals surface area (Å²) in [6, 6.07) is 11.1. The largest absolute Gasteiger partial charge is 0.490 e. The molecule has 29 heavy (non-hydrogen) atoms. The lowest BCUT2D eigenvalue weighted by molar-refractivity contribution is 0.141. The molecule has 3 nitrogen and oxygen atoms in total. The number of benzene rings is 1. The van der Waals surface area contributed by atoms with Gasteiger partial charge in [-0.05, 0) is 67.9 Å². The van der Waals surface area contributed by atoms with Crippen molar-refractivity contribution in [1.29, 1.82) is 5.26 Å². The number of aryl methyl sites for hydroxylation is 1. The van der Waals surface area contributed by atoms with Crippen LogP contribution in [0.3, 0.4) is 0 Å². The molecule has 0 N–H and O–H groups in total. The minimum Gasteiger partial charge on any atom is -0.490 e. The van der Waals surface area contributed by atoms with Crippen molar-refractivity contribution in [2.75, 3.05) is 0 Å². The summed E-state index contributed by atoms with van der Waals surface area (Å²) in [6.45, 7) is 6.28. The fourth-order valence-electron chi connectivity index (χ4n) is 3.63. The molecule has 0 spiro atoms. The highest BCUT2D eigenvalue weighted by atomic mass is 35.5. The van der Waals surface area contributed by atoms with Crippen molar-refractivity contribution in [3.63, 3.8) is 0 Å². The van der Waals surface area contributed by atoms with Crippen molar-refractivity contribution < 1.29 is 4.74 Å². The Bertz CT molecular complexity index is 954. The van der Waals surface area contributed by atoms with Gasteiger partial charge in [0, 0.05) is 17.3 Å². The number of pyridine rings is 1. The second-order valence-electron chi connectivity index (χ2n) is 7.27. The van der Waals surface area contributed by atoms with E-state index in [2.05, 4.69) is 36.7 Å². The molecule has 1 aliphatic carbocycles. The van der Waals surface area contributed by atoms with Crippen LogP contribution >= 0.6 is 23.2 Å². The van der Waals surface area contributed by atoms with Crippen molar-refractivity contribution in [2.45, 2.75) is 45.1 Å². The Morgan fingerprint density at radius 2 is 2.00 bits per heavy atom. The average Bonchev–Trinajstić information content (AvgIpc) is 2.73. The normalized spacial score (nSPS) is 19.1. The first-order valence-electron chi connectivity index (χ1n) is 9.89. The van der Waals surface area contributed by atoms with Gasteiger partial charge in [-0.3, -0.25) is 0 Å². The van der Waals surface area contributed by atoms with E-state index in [1.54, 1.807) is 12.1 Å². The smallest absolute Gasteiger partial charge is 0.129 e. The van der Waals surface area contributed by atoms with Gasteiger partial charge in [-0.1, -0.05) is 48.9 Å². The molecule has 0 amide bonds. The third-order valence-electron chi connectivity index (χ3n) is 5.27. The second-order valence-corrected chi connectivity index (χ2v) is 8.07. The molecule has 2 aromatic rings. The van der Waals surface area contributed by atoms with Gasteiger partial charge < -0.3 is 4.74 Å². The van der Waals surface area contributed by atoms with Crippen LogP contribution in [0.2, 0.25) is 10.2 Å². The highest BCUT2D eigenvalue weighted by molar-refractivity contribution is 6.31. The first-order chi connectivity index (χ1) is 14.0. The van der Waals surface area contributed by atoms with Crippen molar-refractivity contribution in [3.8, 4) is 11.8 Å². The predicted octanol–water partition coefficient (Wildman–Crippen LogP) is 7.03. The van der Waals surface area contributed by atoms with E-state index in [0.29, 0.717) is 21.7 Å². The summed E-state index contributed by atoms with van der Waals surface area (Å²) >= 11 is 12.1. The molecule has 0 aliphatic heterocycles. The molecular formula is C24H24Cl2N2O. The molecule has 0 bridgehead atoms. The van der Waals surface area contributed by atoms with Crippen LogP contribution in [-0.4, -0.2) is 11.1 Å². The standard InChI is InChI=1S/C24H24Cl2N2O/c1-3-23-21(12-13-24(26)28-23)16(2)4-5-17-6-9-19(10-7-17)29-20-11-8-18(15-27)22(25)14-20/h4-5,8,11-14,17,19H,2-3,6-7,9-10H2,1H3/b5-4+. The minimum absolute atomic E-state index is 0.180. The van der Waals surface area contributed by atoms with Gasteiger partial charge in [-0.25, -0.2) is 4.98 Å². The van der Waals surface area contributed by atoms with E-state index in [-0.39, 0.29) is 6.10 Å². The Morgan fingerprint density at radius 3 is 2.66 bits per heavy atom. The number of aromatic nitrogens is 1. The SMILES string of the molecule is C=C(/C=C/C1CCC(Oc2ccc(C#N)c(Cl)c2)CC1)c1ccc(Cl)nc1CC. The topological polar surface area (TPSA) is 45.9 Å². The van der Waals surface area contributed by atoms with E-state index in [9.17, 15) is 0 Å². The molecule has 5 heteroatoms.